The highest BCUT2D eigenvalue weighted by Gasteiger charge is 2.25. The van der Waals surface area contributed by atoms with Gasteiger partial charge in [0.05, 0.1) is 24.1 Å². The maximum Gasteiger partial charge on any atom is 0.255 e. The van der Waals surface area contributed by atoms with Gasteiger partial charge in [-0.3, -0.25) is 4.79 Å². The number of amides is 1. The van der Waals surface area contributed by atoms with Crippen LogP contribution >= 0.6 is 0 Å². The van der Waals surface area contributed by atoms with Gasteiger partial charge in [-0.25, -0.2) is 14.5 Å². The van der Waals surface area contributed by atoms with E-state index >= 15 is 0 Å². The summed E-state index contributed by atoms with van der Waals surface area (Å²) in [5.41, 5.74) is 3.55. The van der Waals surface area contributed by atoms with Gasteiger partial charge in [0.1, 0.15) is 17.6 Å². The van der Waals surface area contributed by atoms with E-state index in [1.54, 1.807) is 24.0 Å². The minimum atomic E-state index is -0.492. The molecule has 4 rings (SSSR count). The van der Waals surface area contributed by atoms with E-state index in [1.165, 1.54) is 0 Å². The van der Waals surface area contributed by atoms with E-state index in [-0.39, 0.29) is 5.91 Å². The second kappa shape index (κ2) is 7.38. The van der Waals surface area contributed by atoms with Crippen molar-refractivity contribution in [3.05, 3.63) is 77.3 Å². The van der Waals surface area contributed by atoms with E-state index in [0.717, 1.165) is 17.0 Å². The minimum absolute atomic E-state index is 0.260. The largest absolute Gasteiger partial charge is 0.496 e. The summed E-state index contributed by atoms with van der Waals surface area (Å²) in [6, 6.07) is 8.97. The van der Waals surface area contributed by atoms with Crippen LogP contribution in [0.15, 0.2) is 48.9 Å². The van der Waals surface area contributed by atoms with Gasteiger partial charge in [-0.05, 0) is 19.9 Å². The third-order valence-corrected chi connectivity index (χ3v) is 4.93. The smallest absolute Gasteiger partial charge is 0.255 e. The molecular formula is C21H22N6O2. The van der Waals surface area contributed by atoms with Crippen molar-refractivity contribution in [2.45, 2.75) is 19.9 Å². The number of aryl methyl sites for hydroxylation is 3. The standard InChI is InChI=1S/C21H22N6O2/c1-13-11-18-23-12-16(14(2)27(18)25-13)21(28)24-19(20-22-9-10-26(20)3)15-7-5-6-8-17(15)29-4/h5-12,19H,1-4H3,(H,24,28). The van der Waals surface area contributed by atoms with Gasteiger partial charge in [-0.1, -0.05) is 18.2 Å². The number of imidazole rings is 1. The van der Waals surface area contributed by atoms with Crippen molar-refractivity contribution in [1.29, 1.82) is 0 Å². The first-order valence-corrected chi connectivity index (χ1v) is 9.22. The molecule has 0 radical (unpaired) electrons. The number of rotatable bonds is 5. The number of benzene rings is 1. The molecule has 0 fully saturated rings. The number of hydrogen-bond donors (Lipinski definition) is 1. The van der Waals surface area contributed by atoms with Crippen molar-refractivity contribution in [2.75, 3.05) is 7.11 Å². The lowest BCUT2D eigenvalue weighted by Crippen LogP contribution is -2.32. The van der Waals surface area contributed by atoms with Gasteiger partial charge in [0.15, 0.2) is 5.65 Å². The Hall–Kier alpha value is -3.68. The number of nitrogens with one attached hydrogen (secondary N) is 1. The third kappa shape index (κ3) is 3.33. The molecule has 4 aromatic rings. The molecule has 0 spiro atoms. The maximum absolute atomic E-state index is 13.2. The molecule has 8 heteroatoms. The van der Waals surface area contributed by atoms with Crippen molar-refractivity contribution >= 4 is 11.6 Å². The minimum Gasteiger partial charge on any atom is -0.496 e. The summed E-state index contributed by atoms with van der Waals surface area (Å²) in [4.78, 5) is 22.1. The van der Waals surface area contributed by atoms with Gasteiger partial charge in [-0.2, -0.15) is 5.10 Å². The molecule has 3 aromatic heterocycles. The van der Waals surface area contributed by atoms with E-state index in [4.69, 9.17) is 4.74 Å². The fraction of sp³-hybridized carbons (Fsp3) is 0.238. The molecule has 1 unspecified atom stereocenters. The number of aromatic nitrogens is 5. The number of ether oxygens (including phenoxy) is 1. The maximum atomic E-state index is 13.2. The first kappa shape index (κ1) is 18.7. The fourth-order valence-electron chi connectivity index (χ4n) is 3.44. The lowest BCUT2D eigenvalue weighted by molar-refractivity contribution is 0.0939. The molecule has 3 heterocycles. The van der Waals surface area contributed by atoms with E-state index in [1.807, 2.05) is 62.0 Å². The lowest BCUT2D eigenvalue weighted by Gasteiger charge is -2.21. The molecule has 0 saturated heterocycles. The fourth-order valence-corrected chi connectivity index (χ4v) is 3.44. The van der Waals surface area contributed by atoms with Crippen molar-refractivity contribution in [1.82, 2.24) is 29.5 Å². The summed E-state index contributed by atoms with van der Waals surface area (Å²) < 4.78 is 9.08. The predicted molar refractivity (Wildman–Crippen MR) is 108 cm³/mol. The van der Waals surface area contributed by atoms with Gasteiger partial charge >= 0.3 is 0 Å². The van der Waals surface area contributed by atoms with Gasteiger partial charge in [0.25, 0.3) is 5.91 Å². The third-order valence-electron chi connectivity index (χ3n) is 4.93. The molecule has 0 bridgehead atoms. The Bertz CT molecular complexity index is 1190. The number of methoxy groups -OCH3 is 1. The zero-order chi connectivity index (χ0) is 20.5. The van der Waals surface area contributed by atoms with E-state index in [9.17, 15) is 4.79 Å². The number of nitrogens with zero attached hydrogens (tertiary/aromatic N) is 5. The molecule has 8 nitrogen and oxygen atoms in total. The highest BCUT2D eigenvalue weighted by Crippen LogP contribution is 2.29. The number of fused-ring (bicyclic) bond motifs is 1. The molecule has 0 aliphatic rings. The summed E-state index contributed by atoms with van der Waals surface area (Å²) in [5.74, 6) is 1.11. The van der Waals surface area contributed by atoms with Crippen LogP contribution in [0.25, 0.3) is 5.65 Å². The molecule has 0 saturated carbocycles. The molecule has 29 heavy (non-hydrogen) atoms. The van der Waals surface area contributed by atoms with Gasteiger partial charge in [0, 0.05) is 37.3 Å². The highest BCUT2D eigenvalue weighted by molar-refractivity contribution is 5.95. The van der Waals surface area contributed by atoms with Gasteiger partial charge in [-0.15, -0.1) is 0 Å². The van der Waals surface area contributed by atoms with Crippen LogP contribution in [-0.2, 0) is 7.05 Å². The van der Waals surface area contributed by atoms with Crippen LogP contribution in [-0.4, -0.2) is 37.2 Å². The predicted octanol–water partition coefficient (Wildman–Crippen LogP) is 2.61. The Kier molecular flexibility index (Phi) is 4.75. The van der Waals surface area contributed by atoms with Crippen LogP contribution in [0.2, 0.25) is 0 Å². The van der Waals surface area contributed by atoms with Crippen molar-refractivity contribution in [2.24, 2.45) is 7.05 Å². The quantitative estimate of drug-likeness (QED) is 0.566. The Balaban J connectivity index is 1.76. The van der Waals surface area contributed by atoms with Crippen LogP contribution in [0, 0.1) is 13.8 Å². The average molecular weight is 390 g/mol. The first-order chi connectivity index (χ1) is 14.0. The van der Waals surface area contributed by atoms with Crippen molar-refractivity contribution in [3.8, 4) is 5.75 Å². The van der Waals surface area contributed by atoms with Crippen LogP contribution in [0.4, 0.5) is 0 Å². The highest BCUT2D eigenvalue weighted by atomic mass is 16.5. The molecule has 1 amide bonds. The number of para-hydroxylation sites is 1. The van der Waals surface area contributed by atoms with Gasteiger partial charge in [0.2, 0.25) is 0 Å². The zero-order valence-electron chi connectivity index (χ0n) is 16.7. The molecule has 0 aliphatic carbocycles. The Morgan fingerprint density at radius 3 is 2.72 bits per heavy atom. The van der Waals surface area contributed by atoms with Crippen LogP contribution in [0.3, 0.4) is 0 Å². The topological polar surface area (TPSA) is 86.3 Å². The number of carbonyl (C=O) groups excluding carboxylic acids is 1. The monoisotopic (exact) mass is 390 g/mol. The number of hydrogen-bond acceptors (Lipinski definition) is 5. The second-order valence-electron chi connectivity index (χ2n) is 6.86. The Morgan fingerprint density at radius 1 is 1.21 bits per heavy atom. The Labute approximate surface area is 168 Å². The first-order valence-electron chi connectivity index (χ1n) is 9.22. The number of carbonyl (C=O) groups is 1. The summed E-state index contributed by atoms with van der Waals surface area (Å²) in [6.07, 6.45) is 5.13. The van der Waals surface area contributed by atoms with Crippen LogP contribution in [0.5, 0.6) is 5.75 Å². The molecular weight excluding hydrogens is 368 g/mol. The molecule has 1 atom stereocenters. The summed E-state index contributed by atoms with van der Waals surface area (Å²) in [7, 11) is 3.50. The van der Waals surface area contributed by atoms with Crippen molar-refractivity contribution in [3.63, 3.8) is 0 Å². The zero-order valence-corrected chi connectivity index (χ0v) is 16.7. The molecule has 1 aromatic carbocycles. The van der Waals surface area contributed by atoms with Crippen LogP contribution < -0.4 is 10.1 Å². The van der Waals surface area contributed by atoms with Crippen molar-refractivity contribution < 1.29 is 9.53 Å². The SMILES string of the molecule is COc1ccccc1C(NC(=O)c1cnc2cc(C)nn2c1C)c1nccn1C. The molecule has 1 N–H and O–H groups in total. The lowest BCUT2D eigenvalue weighted by atomic mass is 10.0. The summed E-state index contributed by atoms with van der Waals surface area (Å²) in [5, 5.41) is 7.52. The average Bonchev–Trinajstić information content (AvgIpc) is 3.31. The summed E-state index contributed by atoms with van der Waals surface area (Å²) >= 11 is 0. The van der Waals surface area contributed by atoms with E-state index in [0.29, 0.717) is 22.8 Å². The molecule has 148 valence electrons. The summed E-state index contributed by atoms with van der Waals surface area (Å²) in [6.45, 7) is 3.75. The van der Waals surface area contributed by atoms with Gasteiger partial charge < -0.3 is 14.6 Å². The van der Waals surface area contributed by atoms with Crippen LogP contribution in [0.1, 0.15) is 39.2 Å². The normalized spacial score (nSPS) is 12.1. The van der Waals surface area contributed by atoms with E-state index < -0.39 is 6.04 Å². The second-order valence-corrected chi connectivity index (χ2v) is 6.86. The Morgan fingerprint density at radius 2 is 2.00 bits per heavy atom. The van der Waals surface area contributed by atoms with E-state index in [2.05, 4.69) is 20.4 Å². The molecule has 0 aliphatic heterocycles.